The molecule has 10 heteroatoms. The number of methoxy groups -OCH3 is 1. The lowest BCUT2D eigenvalue weighted by molar-refractivity contribution is -0.141. The normalized spacial score (nSPS) is 12.1. The molecule has 6 nitrogen and oxygen atoms in total. The second kappa shape index (κ2) is 11.7. The zero-order valence-electron chi connectivity index (χ0n) is 15.0. The number of halogens is 3. The summed E-state index contributed by atoms with van der Waals surface area (Å²) in [6.07, 6.45) is 0.136. The number of ether oxygens (including phenoxy) is 1. The summed E-state index contributed by atoms with van der Waals surface area (Å²) in [5, 5.41) is 7.67. The van der Waals surface area contributed by atoms with Crippen molar-refractivity contribution in [2.24, 2.45) is 4.99 Å². The minimum absolute atomic E-state index is 0.185. The van der Waals surface area contributed by atoms with Gasteiger partial charge in [-0.05, 0) is 12.8 Å². The van der Waals surface area contributed by atoms with Gasteiger partial charge in [-0.3, -0.25) is 9.79 Å². The van der Waals surface area contributed by atoms with Gasteiger partial charge in [0.05, 0.1) is 12.1 Å². The molecule has 0 amide bonds. The first-order valence-corrected chi connectivity index (χ1v) is 9.27. The SMILES string of the molecule is CN=C(NCCCCCCC(=O)OC)NCCc1nc(C(F)(F)F)cs1. The second-order valence-corrected chi connectivity index (χ2v) is 6.48. The highest BCUT2D eigenvalue weighted by atomic mass is 32.1. The van der Waals surface area contributed by atoms with E-state index < -0.39 is 11.9 Å². The van der Waals surface area contributed by atoms with Crippen molar-refractivity contribution >= 4 is 23.3 Å². The minimum atomic E-state index is -4.39. The maximum absolute atomic E-state index is 12.5. The second-order valence-electron chi connectivity index (χ2n) is 5.54. The molecular formula is C16H25F3N4O2S. The van der Waals surface area contributed by atoms with E-state index in [4.69, 9.17) is 0 Å². The van der Waals surface area contributed by atoms with Crippen molar-refractivity contribution < 1.29 is 22.7 Å². The topological polar surface area (TPSA) is 75.6 Å². The van der Waals surface area contributed by atoms with E-state index in [0.29, 0.717) is 30.4 Å². The van der Waals surface area contributed by atoms with Crippen LogP contribution in [0.4, 0.5) is 13.2 Å². The standard InChI is InChI=1S/C16H25F3N4O2S/c1-20-15(21-9-6-4-3-5-7-14(24)25-2)22-10-8-13-23-12(11-26-13)16(17,18)19/h11H,3-10H2,1-2H3,(H2,20,21,22). The van der Waals surface area contributed by atoms with Gasteiger partial charge in [0.1, 0.15) is 0 Å². The lowest BCUT2D eigenvalue weighted by Gasteiger charge is -2.11. The molecule has 0 aromatic carbocycles. The van der Waals surface area contributed by atoms with Crippen molar-refractivity contribution in [3.05, 3.63) is 16.1 Å². The first-order chi connectivity index (χ1) is 12.4. The Kier molecular flexibility index (Phi) is 10.0. The number of nitrogens with zero attached hydrogens (tertiary/aromatic N) is 2. The van der Waals surface area contributed by atoms with E-state index in [1.807, 2.05) is 0 Å². The quantitative estimate of drug-likeness (QED) is 0.276. The van der Waals surface area contributed by atoms with Crippen LogP contribution in [-0.4, -0.2) is 44.2 Å². The van der Waals surface area contributed by atoms with Gasteiger partial charge in [-0.2, -0.15) is 13.2 Å². The summed E-state index contributed by atoms with van der Waals surface area (Å²) in [7, 11) is 3.02. The number of esters is 1. The third-order valence-corrected chi connectivity index (χ3v) is 4.43. The highest BCUT2D eigenvalue weighted by molar-refractivity contribution is 7.09. The Hall–Kier alpha value is -1.84. The molecule has 0 spiro atoms. The van der Waals surface area contributed by atoms with Crippen molar-refractivity contribution in [2.45, 2.75) is 44.7 Å². The predicted octanol–water partition coefficient (Wildman–Crippen LogP) is 2.99. The molecule has 0 aliphatic heterocycles. The number of guanidine groups is 1. The minimum Gasteiger partial charge on any atom is -0.469 e. The summed E-state index contributed by atoms with van der Waals surface area (Å²) in [6, 6.07) is 0. The number of nitrogens with one attached hydrogen (secondary N) is 2. The van der Waals surface area contributed by atoms with Crippen LogP contribution in [0.25, 0.3) is 0 Å². The molecule has 0 unspecified atom stereocenters. The maximum Gasteiger partial charge on any atom is 0.434 e. The van der Waals surface area contributed by atoms with E-state index in [2.05, 4.69) is 25.3 Å². The third-order valence-electron chi connectivity index (χ3n) is 3.52. The Morgan fingerprint density at radius 1 is 1.23 bits per heavy atom. The molecular weight excluding hydrogens is 369 g/mol. The molecule has 0 fully saturated rings. The van der Waals surface area contributed by atoms with E-state index in [1.165, 1.54) is 7.11 Å². The van der Waals surface area contributed by atoms with Crippen LogP contribution < -0.4 is 10.6 Å². The number of alkyl halides is 3. The third kappa shape index (κ3) is 9.02. The lowest BCUT2D eigenvalue weighted by Crippen LogP contribution is -2.38. The molecule has 1 heterocycles. The largest absolute Gasteiger partial charge is 0.469 e. The Balaban J connectivity index is 2.14. The molecule has 0 radical (unpaired) electrons. The summed E-state index contributed by atoms with van der Waals surface area (Å²) in [5.41, 5.74) is -0.841. The van der Waals surface area contributed by atoms with E-state index in [9.17, 15) is 18.0 Å². The Bertz CT molecular complexity index is 576. The Morgan fingerprint density at radius 3 is 2.54 bits per heavy atom. The molecule has 1 rings (SSSR count). The fraction of sp³-hybridized carbons (Fsp3) is 0.688. The monoisotopic (exact) mass is 394 g/mol. The first kappa shape index (κ1) is 22.2. The zero-order chi connectivity index (χ0) is 19.4. The fourth-order valence-electron chi connectivity index (χ4n) is 2.12. The smallest absolute Gasteiger partial charge is 0.434 e. The molecule has 2 N–H and O–H groups in total. The van der Waals surface area contributed by atoms with Crippen LogP contribution in [0.2, 0.25) is 0 Å². The average molecular weight is 394 g/mol. The Morgan fingerprint density at radius 2 is 1.92 bits per heavy atom. The van der Waals surface area contributed by atoms with Crippen LogP contribution in [0, 0.1) is 0 Å². The van der Waals surface area contributed by atoms with E-state index in [0.717, 1.165) is 48.9 Å². The average Bonchev–Trinajstić information content (AvgIpc) is 3.08. The molecule has 26 heavy (non-hydrogen) atoms. The number of aromatic nitrogens is 1. The van der Waals surface area contributed by atoms with Gasteiger partial charge in [-0.25, -0.2) is 4.98 Å². The molecule has 0 aliphatic rings. The van der Waals surface area contributed by atoms with Gasteiger partial charge >= 0.3 is 12.1 Å². The maximum atomic E-state index is 12.5. The van der Waals surface area contributed by atoms with Crippen LogP contribution >= 0.6 is 11.3 Å². The fourth-order valence-corrected chi connectivity index (χ4v) is 2.93. The van der Waals surface area contributed by atoms with Gasteiger partial charge in [-0.15, -0.1) is 11.3 Å². The number of carbonyl (C=O) groups is 1. The van der Waals surface area contributed by atoms with E-state index in [1.54, 1.807) is 7.05 Å². The molecule has 148 valence electrons. The van der Waals surface area contributed by atoms with Crippen LogP contribution in [0.1, 0.15) is 42.8 Å². The van der Waals surface area contributed by atoms with Gasteiger partial charge < -0.3 is 15.4 Å². The molecule has 1 aromatic rings. The Labute approximate surface area is 155 Å². The number of rotatable bonds is 10. The highest BCUT2D eigenvalue weighted by Crippen LogP contribution is 2.29. The zero-order valence-corrected chi connectivity index (χ0v) is 15.8. The van der Waals surface area contributed by atoms with Crippen molar-refractivity contribution in [1.29, 1.82) is 0 Å². The van der Waals surface area contributed by atoms with Crippen molar-refractivity contribution in [2.75, 3.05) is 27.2 Å². The lowest BCUT2D eigenvalue weighted by atomic mass is 10.1. The molecule has 0 bridgehead atoms. The number of hydrogen-bond donors (Lipinski definition) is 2. The van der Waals surface area contributed by atoms with E-state index >= 15 is 0 Å². The summed E-state index contributed by atoms with van der Waals surface area (Å²) in [6.45, 7) is 1.18. The van der Waals surface area contributed by atoms with Crippen molar-refractivity contribution in [1.82, 2.24) is 15.6 Å². The van der Waals surface area contributed by atoms with Crippen molar-refractivity contribution in [3.8, 4) is 0 Å². The highest BCUT2D eigenvalue weighted by Gasteiger charge is 2.33. The summed E-state index contributed by atoms with van der Waals surface area (Å²) in [4.78, 5) is 18.6. The van der Waals surface area contributed by atoms with Crippen LogP contribution in [0.15, 0.2) is 10.4 Å². The number of unbranched alkanes of at least 4 members (excludes halogenated alkanes) is 3. The summed E-state index contributed by atoms with van der Waals surface area (Å²) in [5.74, 6) is 0.419. The first-order valence-electron chi connectivity index (χ1n) is 8.39. The molecule has 0 atom stereocenters. The van der Waals surface area contributed by atoms with Crippen LogP contribution in [-0.2, 0) is 22.1 Å². The molecule has 0 saturated carbocycles. The van der Waals surface area contributed by atoms with Gasteiger partial charge in [0.15, 0.2) is 11.7 Å². The number of carbonyl (C=O) groups excluding carboxylic acids is 1. The van der Waals surface area contributed by atoms with Gasteiger partial charge in [0, 0.05) is 38.4 Å². The molecule has 1 aromatic heterocycles. The number of thiazole rings is 1. The van der Waals surface area contributed by atoms with Crippen LogP contribution in [0.5, 0.6) is 0 Å². The van der Waals surface area contributed by atoms with Gasteiger partial charge in [-0.1, -0.05) is 12.8 Å². The predicted molar refractivity (Wildman–Crippen MR) is 95.3 cm³/mol. The summed E-state index contributed by atoms with van der Waals surface area (Å²) < 4.78 is 42.0. The van der Waals surface area contributed by atoms with E-state index in [-0.39, 0.29) is 5.97 Å². The number of hydrogen-bond acceptors (Lipinski definition) is 5. The molecule has 0 aliphatic carbocycles. The molecule has 0 saturated heterocycles. The van der Waals surface area contributed by atoms with Crippen molar-refractivity contribution in [3.63, 3.8) is 0 Å². The van der Waals surface area contributed by atoms with Crippen LogP contribution in [0.3, 0.4) is 0 Å². The van der Waals surface area contributed by atoms with Gasteiger partial charge in [0.25, 0.3) is 0 Å². The van der Waals surface area contributed by atoms with Gasteiger partial charge in [0.2, 0.25) is 0 Å². The summed E-state index contributed by atoms with van der Waals surface area (Å²) >= 11 is 1.00. The number of aliphatic imine (C=N–C) groups is 1.